The first-order valence-corrected chi connectivity index (χ1v) is 5.00. The van der Waals surface area contributed by atoms with Crippen molar-refractivity contribution >= 4 is 17.4 Å². The third-order valence-corrected chi connectivity index (χ3v) is 2.98. The zero-order valence-electron chi connectivity index (χ0n) is 8.06. The molecule has 0 unspecified atom stereocenters. The van der Waals surface area contributed by atoms with Crippen LogP contribution in [0.25, 0.3) is 0 Å². The molecule has 1 fully saturated rings. The molecule has 2 heteroatoms. The number of carbonyl (C=O) groups excluding carboxylic acids is 1. The normalized spacial score (nSPS) is 32.2. The molecule has 0 bridgehead atoms. The Morgan fingerprint density at radius 2 is 2.00 bits per heavy atom. The molecule has 1 saturated carbocycles. The summed E-state index contributed by atoms with van der Waals surface area (Å²) in [5.74, 6) is 0.997. The summed E-state index contributed by atoms with van der Waals surface area (Å²) < 4.78 is 0. The number of ketones is 1. The molecule has 1 aliphatic carbocycles. The van der Waals surface area contributed by atoms with Crippen molar-refractivity contribution in [3.63, 3.8) is 0 Å². The van der Waals surface area contributed by atoms with Crippen LogP contribution in [0.5, 0.6) is 0 Å². The lowest BCUT2D eigenvalue weighted by molar-refractivity contribution is -0.126. The largest absolute Gasteiger partial charge is 0.299 e. The van der Waals surface area contributed by atoms with Crippen molar-refractivity contribution in [3.05, 3.63) is 0 Å². The van der Waals surface area contributed by atoms with Gasteiger partial charge in [-0.15, -0.1) is 11.6 Å². The summed E-state index contributed by atoms with van der Waals surface area (Å²) in [4.78, 5) is 11.2. The summed E-state index contributed by atoms with van der Waals surface area (Å²) in [6, 6.07) is 0. The maximum atomic E-state index is 11.6. The second kappa shape index (κ2) is 3.37. The Morgan fingerprint density at radius 3 is 2.42 bits per heavy atom. The Hall–Kier alpha value is -0.0400. The summed E-state index contributed by atoms with van der Waals surface area (Å²) in [5.41, 5.74) is 0. The molecule has 1 aliphatic rings. The smallest absolute Gasteiger partial charge is 0.137 e. The Bertz CT molecular complexity index is 181. The quantitative estimate of drug-likeness (QED) is 0.579. The van der Waals surface area contributed by atoms with Gasteiger partial charge in [-0.3, -0.25) is 4.79 Å². The maximum Gasteiger partial charge on any atom is 0.137 e. The molecule has 70 valence electrons. The Labute approximate surface area is 79.5 Å². The molecule has 0 aromatic heterocycles. The lowest BCUT2D eigenvalue weighted by Crippen LogP contribution is -2.36. The first kappa shape index (κ1) is 10.0. The van der Waals surface area contributed by atoms with Crippen molar-refractivity contribution in [1.29, 1.82) is 0 Å². The molecule has 1 nitrogen and oxygen atoms in total. The minimum absolute atomic E-state index is 0.0790. The van der Waals surface area contributed by atoms with E-state index in [0.29, 0.717) is 11.7 Å². The van der Waals surface area contributed by atoms with E-state index in [1.807, 2.05) is 13.8 Å². The minimum Gasteiger partial charge on any atom is -0.299 e. The van der Waals surface area contributed by atoms with Crippen LogP contribution in [0.1, 0.15) is 40.0 Å². The fraction of sp³-hybridized carbons (Fsp3) is 0.900. The van der Waals surface area contributed by atoms with Crippen molar-refractivity contribution < 1.29 is 4.79 Å². The lowest BCUT2D eigenvalue weighted by atomic mass is 9.76. The fourth-order valence-corrected chi connectivity index (χ4v) is 2.16. The molecule has 0 aromatic rings. The van der Waals surface area contributed by atoms with Crippen LogP contribution in [0.3, 0.4) is 0 Å². The highest BCUT2D eigenvalue weighted by molar-refractivity contribution is 6.25. The van der Waals surface area contributed by atoms with Crippen LogP contribution in [0.2, 0.25) is 0 Å². The van der Waals surface area contributed by atoms with Gasteiger partial charge in [-0.05, 0) is 32.6 Å². The van der Waals surface area contributed by atoms with Gasteiger partial charge in [-0.25, -0.2) is 0 Å². The van der Waals surface area contributed by atoms with Gasteiger partial charge in [0.1, 0.15) is 5.78 Å². The van der Waals surface area contributed by atoms with Gasteiger partial charge >= 0.3 is 0 Å². The molecule has 2 atom stereocenters. The highest BCUT2D eigenvalue weighted by Crippen LogP contribution is 2.36. The SMILES string of the molecule is C[C@@H]1CC[C@@H](C(C)(C)Cl)C(=O)C1. The Kier molecular flexibility index (Phi) is 2.82. The van der Waals surface area contributed by atoms with E-state index in [2.05, 4.69) is 6.92 Å². The zero-order chi connectivity index (χ0) is 9.35. The van der Waals surface area contributed by atoms with E-state index < -0.39 is 0 Å². The highest BCUT2D eigenvalue weighted by Gasteiger charge is 2.36. The molecule has 0 radical (unpaired) electrons. The Morgan fingerprint density at radius 1 is 1.42 bits per heavy atom. The van der Waals surface area contributed by atoms with Gasteiger partial charge in [-0.2, -0.15) is 0 Å². The van der Waals surface area contributed by atoms with Crippen LogP contribution >= 0.6 is 11.6 Å². The first-order chi connectivity index (χ1) is 5.41. The molecule has 1 rings (SSSR count). The van der Waals surface area contributed by atoms with Gasteiger partial charge in [0.15, 0.2) is 0 Å². The highest BCUT2D eigenvalue weighted by atomic mass is 35.5. The van der Waals surface area contributed by atoms with Crippen molar-refractivity contribution in [3.8, 4) is 0 Å². The van der Waals surface area contributed by atoms with Crippen LogP contribution in [0.15, 0.2) is 0 Å². The maximum absolute atomic E-state index is 11.6. The average molecular weight is 189 g/mol. The molecular weight excluding hydrogens is 172 g/mol. The van der Waals surface area contributed by atoms with E-state index in [-0.39, 0.29) is 10.8 Å². The van der Waals surface area contributed by atoms with E-state index in [0.717, 1.165) is 19.3 Å². The van der Waals surface area contributed by atoms with Crippen molar-refractivity contribution in [2.75, 3.05) is 0 Å². The van der Waals surface area contributed by atoms with Crippen LogP contribution in [-0.2, 0) is 4.79 Å². The van der Waals surface area contributed by atoms with E-state index >= 15 is 0 Å². The topological polar surface area (TPSA) is 17.1 Å². The summed E-state index contributed by atoms with van der Waals surface area (Å²) in [6.45, 7) is 6.01. The molecule has 0 saturated heterocycles. The number of carbonyl (C=O) groups is 1. The Balaban J connectivity index is 2.63. The lowest BCUT2D eigenvalue weighted by Gasteiger charge is -2.32. The van der Waals surface area contributed by atoms with E-state index in [1.54, 1.807) is 0 Å². The van der Waals surface area contributed by atoms with E-state index in [1.165, 1.54) is 0 Å². The number of Topliss-reactive ketones (excluding diaryl/α,β-unsaturated/α-hetero) is 1. The predicted octanol–water partition coefficient (Wildman–Crippen LogP) is 3.01. The number of hydrogen-bond donors (Lipinski definition) is 0. The predicted molar refractivity (Wildman–Crippen MR) is 51.4 cm³/mol. The van der Waals surface area contributed by atoms with Gasteiger partial charge < -0.3 is 0 Å². The van der Waals surface area contributed by atoms with Crippen molar-refractivity contribution in [2.45, 2.75) is 44.9 Å². The number of hydrogen-bond acceptors (Lipinski definition) is 1. The summed E-state index contributed by atoms with van der Waals surface area (Å²) in [5, 5.41) is 0. The third-order valence-electron chi connectivity index (χ3n) is 2.72. The monoisotopic (exact) mass is 188 g/mol. The molecule has 0 amide bonds. The summed E-state index contributed by atoms with van der Waals surface area (Å²) in [7, 11) is 0. The van der Waals surface area contributed by atoms with Gasteiger partial charge in [0.25, 0.3) is 0 Å². The molecule has 0 heterocycles. The number of halogens is 1. The van der Waals surface area contributed by atoms with Gasteiger partial charge in [0.2, 0.25) is 0 Å². The first-order valence-electron chi connectivity index (χ1n) is 4.63. The van der Waals surface area contributed by atoms with Crippen molar-refractivity contribution in [1.82, 2.24) is 0 Å². The van der Waals surface area contributed by atoms with Gasteiger partial charge in [0.05, 0.1) is 0 Å². The molecule has 12 heavy (non-hydrogen) atoms. The fourth-order valence-electron chi connectivity index (χ4n) is 1.93. The van der Waals surface area contributed by atoms with E-state index in [9.17, 15) is 4.79 Å². The molecule has 0 aromatic carbocycles. The molecular formula is C10H17ClO. The summed E-state index contributed by atoms with van der Waals surface area (Å²) in [6.07, 6.45) is 2.84. The second-order valence-electron chi connectivity index (χ2n) is 4.47. The third kappa shape index (κ3) is 2.22. The molecule has 0 spiro atoms. The van der Waals surface area contributed by atoms with Crippen LogP contribution in [0.4, 0.5) is 0 Å². The van der Waals surface area contributed by atoms with Crippen molar-refractivity contribution in [2.24, 2.45) is 11.8 Å². The standard InChI is InChI=1S/C10H17ClO/c1-7-4-5-8(9(12)6-7)10(2,3)11/h7-8H,4-6H2,1-3H3/t7-,8-/m1/s1. The molecule has 0 aliphatic heterocycles. The van der Waals surface area contributed by atoms with Gasteiger partial charge in [-0.1, -0.05) is 6.92 Å². The van der Waals surface area contributed by atoms with Crippen LogP contribution in [-0.4, -0.2) is 10.7 Å². The number of alkyl halides is 1. The van der Waals surface area contributed by atoms with Crippen LogP contribution < -0.4 is 0 Å². The van der Waals surface area contributed by atoms with Gasteiger partial charge in [0, 0.05) is 17.2 Å². The minimum atomic E-state index is -0.350. The molecule has 0 N–H and O–H groups in total. The average Bonchev–Trinajstić information content (AvgIpc) is 1.83. The van der Waals surface area contributed by atoms with Crippen LogP contribution in [0, 0.1) is 11.8 Å². The summed E-state index contributed by atoms with van der Waals surface area (Å²) >= 11 is 6.13. The number of rotatable bonds is 1. The zero-order valence-corrected chi connectivity index (χ0v) is 8.82. The van der Waals surface area contributed by atoms with E-state index in [4.69, 9.17) is 11.6 Å². The second-order valence-corrected chi connectivity index (χ2v) is 5.44.